The molecule has 0 aromatic heterocycles. The van der Waals surface area contributed by atoms with Gasteiger partial charge in [0, 0.05) is 17.6 Å². The lowest BCUT2D eigenvalue weighted by molar-refractivity contribution is 0.271. The van der Waals surface area contributed by atoms with Crippen molar-refractivity contribution in [1.82, 2.24) is 0 Å². The van der Waals surface area contributed by atoms with E-state index in [0.29, 0.717) is 0 Å². The van der Waals surface area contributed by atoms with E-state index in [1.807, 2.05) is 6.07 Å². The summed E-state index contributed by atoms with van der Waals surface area (Å²) in [6.45, 7) is 5.49. The first kappa shape index (κ1) is 9.34. The molecule has 0 saturated carbocycles. The van der Waals surface area contributed by atoms with Gasteiger partial charge in [-0.15, -0.1) is 0 Å². The van der Waals surface area contributed by atoms with Crippen LogP contribution in [0.5, 0.6) is 0 Å². The molecule has 0 unspecified atom stereocenters. The molecular formula is C11H16N2O. The topological polar surface area (TPSA) is 33.3 Å². The van der Waals surface area contributed by atoms with Crippen molar-refractivity contribution < 1.29 is 4.84 Å². The van der Waals surface area contributed by atoms with Gasteiger partial charge in [0.2, 0.25) is 0 Å². The fourth-order valence-corrected chi connectivity index (χ4v) is 1.87. The highest BCUT2D eigenvalue weighted by atomic mass is 16.6. The van der Waals surface area contributed by atoms with Crippen molar-refractivity contribution >= 4 is 11.4 Å². The highest BCUT2D eigenvalue weighted by molar-refractivity contribution is 5.66. The Balaban J connectivity index is 2.34. The average molecular weight is 192 g/mol. The van der Waals surface area contributed by atoms with Crippen molar-refractivity contribution in [2.75, 3.05) is 24.5 Å². The highest BCUT2D eigenvalue weighted by Crippen LogP contribution is 2.37. The van der Waals surface area contributed by atoms with Crippen LogP contribution in [0.25, 0.3) is 0 Å². The van der Waals surface area contributed by atoms with Gasteiger partial charge in [0.25, 0.3) is 0 Å². The molecular weight excluding hydrogens is 176 g/mol. The van der Waals surface area contributed by atoms with E-state index in [-0.39, 0.29) is 5.41 Å². The van der Waals surface area contributed by atoms with Gasteiger partial charge in [0.15, 0.2) is 0 Å². The average Bonchev–Trinajstić information content (AvgIpc) is 2.43. The molecule has 0 radical (unpaired) electrons. The molecule has 0 bridgehead atoms. The maximum Gasteiger partial charge on any atom is 0.0636 e. The lowest BCUT2D eigenvalue weighted by Crippen LogP contribution is -2.18. The van der Waals surface area contributed by atoms with Crippen LogP contribution < -0.4 is 10.8 Å². The number of benzene rings is 1. The summed E-state index contributed by atoms with van der Waals surface area (Å²) < 4.78 is 0. The van der Waals surface area contributed by atoms with Gasteiger partial charge >= 0.3 is 0 Å². The van der Waals surface area contributed by atoms with Crippen LogP contribution in [0, 0.1) is 0 Å². The maximum absolute atomic E-state index is 4.86. The minimum Gasteiger partial charge on any atom is -0.384 e. The maximum atomic E-state index is 4.86. The number of nitrogens with one attached hydrogen (secondary N) is 2. The second kappa shape index (κ2) is 3.17. The zero-order valence-electron chi connectivity index (χ0n) is 8.85. The number of hydrogen-bond acceptors (Lipinski definition) is 3. The minimum atomic E-state index is 0.237. The van der Waals surface area contributed by atoms with Gasteiger partial charge in [0.05, 0.1) is 12.8 Å². The molecule has 1 aliphatic rings. The van der Waals surface area contributed by atoms with E-state index >= 15 is 0 Å². The summed E-state index contributed by atoms with van der Waals surface area (Å²) >= 11 is 0. The van der Waals surface area contributed by atoms with Crippen LogP contribution in [-0.4, -0.2) is 13.7 Å². The van der Waals surface area contributed by atoms with E-state index in [4.69, 9.17) is 4.84 Å². The van der Waals surface area contributed by atoms with Gasteiger partial charge in [-0.3, -0.25) is 10.3 Å². The summed E-state index contributed by atoms with van der Waals surface area (Å²) in [5.74, 6) is 0. The number of hydrogen-bond donors (Lipinski definition) is 2. The molecule has 0 spiro atoms. The quantitative estimate of drug-likeness (QED) is 0.706. The third kappa shape index (κ3) is 1.44. The molecule has 2 rings (SSSR count). The van der Waals surface area contributed by atoms with Gasteiger partial charge in [-0.2, -0.15) is 0 Å². The van der Waals surface area contributed by atoms with Crippen molar-refractivity contribution in [3.05, 3.63) is 23.8 Å². The summed E-state index contributed by atoms with van der Waals surface area (Å²) in [5, 5.41) is 3.39. The monoisotopic (exact) mass is 192 g/mol. The van der Waals surface area contributed by atoms with Crippen LogP contribution in [0.1, 0.15) is 19.4 Å². The van der Waals surface area contributed by atoms with Crippen LogP contribution in [-0.2, 0) is 10.3 Å². The number of anilines is 2. The van der Waals surface area contributed by atoms with Crippen LogP contribution in [0.4, 0.5) is 11.4 Å². The summed E-state index contributed by atoms with van der Waals surface area (Å²) in [6.07, 6.45) is 0. The van der Waals surface area contributed by atoms with Crippen molar-refractivity contribution in [3.8, 4) is 0 Å². The predicted octanol–water partition coefficient (Wildman–Crippen LogP) is 2.36. The SMILES string of the molecule is CONc1ccc2c(c1)NCC2(C)C. The molecule has 3 heteroatoms. The Labute approximate surface area is 84.4 Å². The molecule has 0 fully saturated rings. The van der Waals surface area contributed by atoms with Gasteiger partial charge in [-0.05, 0) is 17.7 Å². The largest absolute Gasteiger partial charge is 0.384 e. The second-order valence-corrected chi connectivity index (χ2v) is 4.30. The lowest BCUT2D eigenvalue weighted by Gasteiger charge is -2.16. The molecule has 1 heterocycles. The third-order valence-electron chi connectivity index (χ3n) is 2.69. The zero-order chi connectivity index (χ0) is 10.2. The second-order valence-electron chi connectivity index (χ2n) is 4.30. The smallest absolute Gasteiger partial charge is 0.0636 e. The molecule has 1 aromatic carbocycles. The summed E-state index contributed by atoms with van der Waals surface area (Å²) in [7, 11) is 1.62. The first-order valence-corrected chi connectivity index (χ1v) is 4.81. The molecule has 0 atom stereocenters. The molecule has 2 N–H and O–H groups in total. The summed E-state index contributed by atoms with van der Waals surface area (Å²) in [4.78, 5) is 4.86. The summed E-state index contributed by atoms with van der Waals surface area (Å²) in [6, 6.07) is 6.27. The molecule has 0 aliphatic carbocycles. The standard InChI is InChI=1S/C11H16N2O/c1-11(2)7-12-10-6-8(13-14-3)4-5-9(10)11/h4-6,12-13H,7H2,1-3H3. The lowest BCUT2D eigenvalue weighted by atomic mass is 9.87. The van der Waals surface area contributed by atoms with E-state index in [0.717, 1.165) is 12.2 Å². The van der Waals surface area contributed by atoms with Gasteiger partial charge in [0.1, 0.15) is 0 Å². The Morgan fingerprint density at radius 3 is 2.93 bits per heavy atom. The van der Waals surface area contributed by atoms with E-state index in [1.165, 1.54) is 11.3 Å². The third-order valence-corrected chi connectivity index (χ3v) is 2.69. The molecule has 1 aliphatic heterocycles. The minimum absolute atomic E-state index is 0.237. The Hall–Kier alpha value is -1.22. The van der Waals surface area contributed by atoms with E-state index in [9.17, 15) is 0 Å². The fourth-order valence-electron chi connectivity index (χ4n) is 1.87. The van der Waals surface area contributed by atoms with Crippen molar-refractivity contribution in [2.45, 2.75) is 19.3 Å². The van der Waals surface area contributed by atoms with Crippen LogP contribution >= 0.6 is 0 Å². The van der Waals surface area contributed by atoms with Crippen LogP contribution in [0.15, 0.2) is 18.2 Å². The molecule has 76 valence electrons. The van der Waals surface area contributed by atoms with Gasteiger partial charge < -0.3 is 5.32 Å². The molecule has 0 saturated heterocycles. The molecule has 14 heavy (non-hydrogen) atoms. The van der Waals surface area contributed by atoms with Crippen LogP contribution in [0.3, 0.4) is 0 Å². The van der Waals surface area contributed by atoms with Crippen molar-refractivity contribution in [3.63, 3.8) is 0 Å². The molecule has 3 nitrogen and oxygen atoms in total. The van der Waals surface area contributed by atoms with E-state index in [1.54, 1.807) is 7.11 Å². The van der Waals surface area contributed by atoms with Crippen molar-refractivity contribution in [1.29, 1.82) is 0 Å². The Kier molecular flexibility index (Phi) is 2.11. The predicted molar refractivity (Wildman–Crippen MR) is 58.6 cm³/mol. The first-order valence-electron chi connectivity index (χ1n) is 4.81. The van der Waals surface area contributed by atoms with E-state index in [2.05, 4.69) is 36.8 Å². The Morgan fingerprint density at radius 1 is 1.43 bits per heavy atom. The highest BCUT2D eigenvalue weighted by Gasteiger charge is 2.29. The van der Waals surface area contributed by atoms with Gasteiger partial charge in [-0.25, -0.2) is 0 Å². The number of fused-ring (bicyclic) bond motifs is 1. The molecule has 1 aromatic rings. The Bertz CT molecular complexity index is 347. The Morgan fingerprint density at radius 2 is 2.21 bits per heavy atom. The molecule has 0 amide bonds. The number of rotatable bonds is 2. The van der Waals surface area contributed by atoms with Crippen LogP contribution in [0.2, 0.25) is 0 Å². The fraction of sp³-hybridized carbons (Fsp3) is 0.455. The van der Waals surface area contributed by atoms with E-state index < -0.39 is 0 Å². The summed E-state index contributed by atoms with van der Waals surface area (Å²) in [5.41, 5.74) is 6.62. The normalized spacial score (nSPS) is 17.4. The van der Waals surface area contributed by atoms with Gasteiger partial charge in [-0.1, -0.05) is 19.9 Å². The first-order chi connectivity index (χ1) is 6.63. The van der Waals surface area contributed by atoms with Crippen molar-refractivity contribution in [2.24, 2.45) is 0 Å². The zero-order valence-corrected chi connectivity index (χ0v) is 8.85.